The smallest absolute Gasteiger partial charge is 0.252 e. The first-order valence-corrected chi connectivity index (χ1v) is 7.74. The first-order chi connectivity index (χ1) is 10.7. The van der Waals surface area contributed by atoms with Crippen molar-refractivity contribution < 1.29 is 14.3 Å². The number of amides is 2. The van der Waals surface area contributed by atoms with Crippen molar-refractivity contribution in [3.63, 3.8) is 0 Å². The lowest BCUT2D eigenvalue weighted by Crippen LogP contribution is -2.44. The highest BCUT2D eigenvalue weighted by atomic mass is 16.5. The topological polar surface area (TPSA) is 76.5 Å². The Morgan fingerprint density at radius 1 is 1.50 bits per heavy atom. The summed E-state index contributed by atoms with van der Waals surface area (Å²) in [6.07, 6.45) is 5.74. The van der Waals surface area contributed by atoms with E-state index < -0.39 is 6.10 Å². The van der Waals surface area contributed by atoms with Crippen molar-refractivity contribution in [3.05, 3.63) is 18.2 Å². The van der Waals surface area contributed by atoms with Crippen LogP contribution >= 0.6 is 0 Å². The summed E-state index contributed by atoms with van der Waals surface area (Å²) in [4.78, 5) is 30.1. The fourth-order valence-electron chi connectivity index (χ4n) is 2.65. The van der Waals surface area contributed by atoms with Gasteiger partial charge in [0.05, 0.1) is 13.1 Å². The molecule has 1 aromatic rings. The zero-order chi connectivity index (χ0) is 15.9. The molecule has 0 bridgehead atoms. The number of methoxy groups -OCH3 is 1. The second-order valence-corrected chi connectivity index (χ2v) is 5.39. The van der Waals surface area contributed by atoms with Crippen molar-refractivity contribution in [1.29, 1.82) is 0 Å². The van der Waals surface area contributed by atoms with Crippen LogP contribution in [0.5, 0.6) is 0 Å². The van der Waals surface area contributed by atoms with Gasteiger partial charge in [0, 0.05) is 32.6 Å². The first-order valence-electron chi connectivity index (χ1n) is 7.74. The molecule has 2 rings (SSSR count). The summed E-state index contributed by atoms with van der Waals surface area (Å²) in [6.45, 7) is 3.88. The Hall–Kier alpha value is -1.89. The third-order valence-electron chi connectivity index (χ3n) is 3.94. The SMILES string of the molecule is CCn1ccnc1CNC(=O)CN1CCCCC(OC)C1=O. The third-order valence-corrected chi connectivity index (χ3v) is 3.94. The second-order valence-electron chi connectivity index (χ2n) is 5.39. The molecule has 1 saturated heterocycles. The predicted octanol–water partition coefficient (Wildman–Crippen LogP) is 0.547. The fourth-order valence-corrected chi connectivity index (χ4v) is 2.65. The molecule has 7 heteroatoms. The molecule has 122 valence electrons. The van der Waals surface area contributed by atoms with Crippen LogP contribution in [0.15, 0.2) is 12.4 Å². The van der Waals surface area contributed by atoms with Gasteiger partial charge in [0.15, 0.2) is 0 Å². The van der Waals surface area contributed by atoms with E-state index in [0.717, 1.165) is 31.6 Å². The number of nitrogens with one attached hydrogen (secondary N) is 1. The minimum Gasteiger partial charge on any atom is -0.372 e. The maximum absolute atomic E-state index is 12.2. The quantitative estimate of drug-likeness (QED) is 0.832. The van der Waals surface area contributed by atoms with Crippen LogP contribution in [-0.4, -0.2) is 52.6 Å². The van der Waals surface area contributed by atoms with Gasteiger partial charge in [-0.3, -0.25) is 9.59 Å². The highest BCUT2D eigenvalue weighted by Crippen LogP contribution is 2.14. The van der Waals surface area contributed by atoms with E-state index in [-0.39, 0.29) is 18.4 Å². The standard InChI is InChI=1S/C15H24N4O3/c1-3-18-9-7-16-13(18)10-17-14(20)11-19-8-5-4-6-12(22-2)15(19)21/h7,9,12H,3-6,8,10-11H2,1-2H3,(H,17,20). The van der Waals surface area contributed by atoms with Gasteiger partial charge < -0.3 is 19.5 Å². The van der Waals surface area contributed by atoms with E-state index in [4.69, 9.17) is 4.74 Å². The molecule has 2 heterocycles. The average Bonchev–Trinajstić information content (AvgIpc) is 2.91. The number of hydrogen-bond donors (Lipinski definition) is 1. The molecule has 0 spiro atoms. The normalized spacial score (nSPS) is 19.1. The minimum atomic E-state index is -0.422. The molecule has 1 atom stereocenters. The zero-order valence-electron chi connectivity index (χ0n) is 13.2. The van der Waals surface area contributed by atoms with Gasteiger partial charge in [-0.1, -0.05) is 0 Å². The molecular weight excluding hydrogens is 284 g/mol. The van der Waals surface area contributed by atoms with Crippen LogP contribution in [0.3, 0.4) is 0 Å². The molecule has 0 saturated carbocycles. The van der Waals surface area contributed by atoms with Crippen molar-refractivity contribution in [2.24, 2.45) is 0 Å². The Bertz CT molecular complexity index is 515. The maximum atomic E-state index is 12.2. The van der Waals surface area contributed by atoms with Crippen molar-refractivity contribution in [3.8, 4) is 0 Å². The Labute approximate surface area is 130 Å². The molecule has 1 unspecified atom stereocenters. The van der Waals surface area contributed by atoms with E-state index in [1.807, 2.05) is 17.7 Å². The number of aryl methyl sites for hydroxylation is 1. The van der Waals surface area contributed by atoms with Gasteiger partial charge >= 0.3 is 0 Å². The van der Waals surface area contributed by atoms with Crippen LogP contribution in [0.2, 0.25) is 0 Å². The number of carbonyl (C=O) groups excluding carboxylic acids is 2. The van der Waals surface area contributed by atoms with Crippen LogP contribution in [0.1, 0.15) is 32.0 Å². The number of hydrogen-bond acceptors (Lipinski definition) is 4. The molecule has 2 amide bonds. The molecule has 0 aromatic carbocycles. The minimum absolute atomic E-state index is 0.0749. The zero-order valence-corrected chi connectivity index (χ0v) is 13.2. The molecule has 0 radical (unpaired) electrons. The number of nitrogens with zero attached hydrogens (tertiary/aromatic N) is 3. The lowest BCUT2D eigenvalue weighted by Gasteiger charge is -2.23. The molecule has 1 fully saturated rings. The maximum Gasteiger partial charge on any atom is 0.252 e. The van der Waals surface area contributed by atoms with Crippen LogP contribution in [-0.2, 0) is 27.4 Å². The summed E-state index contributed by atoms with van der Waals surface area (Å²) >= 11 is 0. The number of carbonyl (C=O) groups is 2. The number of likely N-dealkylation sites (tertiary alicyclic amines) is 1. The van der Waals surface area contributed by atoms with E-state index in [9.17, 15) is 9.59 Å². The Kier molecular flexibility index (Phi) is 5.94. The number of imidazole rings is 1. The summed E-state index contributed by atoms with van der Waals surface area (Å²) in [5.74, 6) is 0.550. The number of aromatic nitrogens is 2. The Balaban J connectivity index is 1.86. The number of ether oxygens (including phenoxy) is 1. The summed E-state index contributed by atoms with van der Waals surface area (Å²) < 4.78 is 7.18. The fraction of sp³-hybridized carbons (Fsp3) is 0.667. The van der Waals surface area contributed by atoms with Crippen LogP contribution in [0.25, 0.3) is 0 Å². The van der Waals surface area contributed by atoms with Gasteiger partial charge in [-0.2, -0.15) is 0 Å². The van der Waals surface area contributed by atoms with E-state index in [1.165, 1.54) is 7.11 Å². The molecular formula is C15H24N4O3. The first kappa shape index (κ1) is 16.5. The molecule has 0 aliphatic carbocycles. The lowest BCUT2D eigenvalue weighted by atomic mass is 10.2. The van der Waals surface area contributed by atoms with Crippen LogP contribution in [0, 0.1) is 0 Å². The largest absolute Gasteiger partial charge is 0.372 e. The number of rotatable bonds is 6. The van der Waals surface area contributed by atoms with Gasteiger partial charge in [-0.25, -0.2) is 4.98 Å². The van der Waals surface area contributed by atoms with Crippen molar-refractivity contribution >= 4 is 11.8 Å². The molecule has 1 aliphatic rings. The van der Waals surface area contributed by atoms with Crippen LogP contribution in [0.4, 0.5) is 0 Å². The second kappa shape index (κ2) is 7.93. The third kappa shape index (κ3) is 4.07. The van der Waals surface area contributed by atoms with E-state index in [0.29, 0.717) is 13.1 Å². The molecule has 1 aromatic heterocycles. The van der Waals surface area contributed by atoms with E-state index in [2.05, 4.69) is 10.3 Å². The van der Waals surface area contributed by atoms with Crippen molar-refractivity contribution in [2.45, 2.75) is 45.4 Å². The molecule has 7 nitrogen and oxygen atoms in total. The summed E-state index contributed by atoms with van der Waals surface area (Å²) in [5, 5.41) is 2.82. The van der Waals surface area contributed by atoms with Crippen molar-refractivity contribution in [1.82, 2.24) is 19.8 Å². The van der Waals surface area contributed by atoms with Gasteiger partial charge in [0.1, 0.15) is 11.9 Å². The summed E-state index contributed by atoms with van der Waals surface area (Å²) in [5.41, 5.74) is 0. The van der Waals surface area contributed by atoms with E-state index >= 15 is 0 Å². The highest BCUT2D eigenvalue weighted by Gasteiger charge is 2.27. The van der Waals surface area contributed by atoms with Gasteiger partial charge in [0.25, 0.3) is 5.91 Å². The summed E-state index contributed by atoms with van der Waals surface area (Å²) in [7, 11) is 1.54. The van der Waals surface area contributed by atoms with Gasteiger partial charge in [-0.05, 0) is 26.2 Å². The Morgan fingerprint density at radius 3 is 3.05 bits per heavy atom. The van der Waals surface area contributed by atoms with Crippen LogP contribution < -0.4 is 5.32 Å². The monoisotopic (exact) mass is 308 g/mol. The predicted molar refractivity (Wildman–Crippen MR) is 81.0 cm³/mol. The average molecular weight is 308 g/mol. The Morgan fingerprint density at radius 2 is 2.32 bits per heavy atom. The van der Waals surface area contributed by atoms with Gasteiger partial charge in [-0.15, -0.1) is 0 Å². The lowest BCUT2D eigenvalue weighted by molar-refractivity contribution is -0.144. The van der Waals surface area contributed by atoms with E-state index in [1.54, 1.807) is 11.1 Å². The summed E-state index contributed by atoms with van der Waals surface area (Å²) in [6, 6.07) is 0. The molecule has 1 N–H and O–H groups in total. The van der Waals surface area contributed by atoms with Crippen molar-refractivity contribution in [2.75, 3.05) is 20.2 Å². The molecule has 22 heavy (non-hydrogen) atoms. The highest BCUT2D eigenvalue weighted by molar-refractivity contribution is 5.87. The van der Waals surface area contributed by atoms with Gasteiger partial charge in [0.2, 0.25) is 5.91 Å². The molecule has 1 aliphatic heterocycles.